The average Bonchev–Trinajstić information content (AvgIpc) is 2.82. The highest BCUT2D eigenvalue weighted by Gasteiger charge is 2.40. The van der Waals surface area contributed by atoms with Gasteiger partial charge in [0.15, 0.2) is 0 Å². The van der Waals surface area contributed by atoms with Crippen LogP contribution in [0.5, 0.6) is 0 Å². The van der Waals surface area contributed by atoms with Gasteiger partial charge in [-0.15, -0.1) is 12.4 Å². The Labute approximate surface area is 115 Å². The van der Waals surface area contributed by atoms with Gasteiger partial charge in [0.25, 0.3) is 0 Å². The summed E-state index contributed by atoms with van der Waals surface area (Å²) in [7, 11) is 0. The molecule has 1 aliphatic carbocycles. The molecule has 106 valence electrons. The van der Waals surface area contributed by atoms with Crippen molar-refractivity contribution < 1.29 is 9.90 Å². The van der Waals surface area contributed by atoms with Crippen LogP contribution in [0.3, 0.4) is 0 Å². The second-order valence-electron chi connectivity index (χ2n) is 5.40. The summed E-state index contributed by atoms with van der Waals surface area (Å²) in [5.74, 6) is 0.0865. The van der Waals surface area contributed by atoms with E-state index in [9.17, 15) is 9.90 Å². The molecular weight excluding hydrogens is 252 g/mol. The maximum atomic E-state index is 12.3. The molecule has 5 heteroatoms. The van der Waals surface area contributed by atoms with Crippen molar-refractivity contribution in [3.63, 3.8) is 0 Å². The lowest BCUT2D eigenvalue weighted by Gasteiger charge is -2.33. The molecule has 3 N–H and O–H groups in total. The summed E-state index contributed by atoms with van der Waals surface area (Å²) < 4.78 is 0. The monoisotopic (exact) mass is 276 g/mol. The predicted molar refractivity (Wildman–Crippen MR) is 73.9 cm³/mol. The molecule has 1 aliphatic heterocycles. The minimum absolute atomic E-state index is 0. The van der Waals surface area contributed by atoms with E-state index in [1.165, 1.54) is 0 Å². The summed E-state index contributed by atoms with van der Waals surface area (Å²) in [4.78, 5) is 12.3. The molecule has 0 spiro atoms. The fourth-order valence-corrected chi connectivity index (χ4v) is 3.05. The third-order valence-electron chi connectivity index (χ3n) is 4.33. The van der Waals surface area contributed by atoms with Gasteiger partial charge in [-0.05, 0) is 38.6 Å². The summed E-state index contributed by atoms with van der Waals surface area (Å²) in [6.45, 7) is 2.98. The Balaban J connectivity index is 0.00000162. The van der Waals surface area contributed by atoms with Gasteiger partial charge in [-0.25, -0.2) is 0 Å². The van der Waals surface area contributed by atoms with Gasteiger partial charge in [0, 0.05) is 0 Å². The molecule has 0 aromatic rings. The van der Waals surface area contributed by atoms with E-state index in [1.807, 2.05) is 0 Å². The molecule has 3 atom stereocenters. The second kappa shape index (κ2) is 6.73. The third-order valence-corrected chi connectivity index (χ3v) is 4.33. The van der Waals surface area contributed by atoms with Crippen LogP contribution in [0.25, 0.3) is 0 Å². The number of nitrogens with one attached hydrogen (secondary N) is 2. The molecule has 0 bridgehead atoms. The first-order valence-electron chi connectivity index (χ1n) is 6.92. The highest BCUT2D eigenvalue weighted by Crippen LogP contribution is 2.25. The lowest BCUT2D eigenvalue weighted by Crippen LogP contribution is -2.57. The van der Waals surface area contributed by atoms with Crippen molar-refractivity contribution in [1.82, 2.24) is 10.6 Å². The van der Waals surface area contributed by atoms with Crippen molar-refractivity contribution in [2.24, 2.45) is 0 Å². The van der Waals surface area contributed by atoms with Crippen molar-refractivity contribution >= 4 is 18.3 Å². The van der Waals surface area contributed by atoms with Gasteiger partial charge < -0.3 is 15.7 Å². The molecule has 1 heterocycles. The topological polar surface area (TPSA) is 61.4 Å². The zero-order valence-electron chi connectivity index (χ0n) is 11.1. The fraction of sp³-hybridized carbons (Fsp3) is 0.923. The number of carbonyl (C=O) groups excluding carboxylic acids is 1. The Morgan fingerprint density at radius 2 is 2.11 bits per heavy atom. The number of halogens is 1. The number of carbonyl (C=O) groups is 1. The van der Waals surface area contributed by atoms with Crippen LogP contribution in [-0.4, -0.2) is 35.2 Å². The van der Waals surface area contributed by atoms with Crippen LogP contribution < -0.4 is 10.6 Å². The van der Waals surface area contributed by atoms with Gasteiger partial charge in [0.05, 0.1) is 17.7 Å². The van der Waals surface area contributed by atoms with E-state index in [4.69, 9.17) is 0 Å². The Morgan fingerprint density at radius 1 is 1.39 bits per heavy atom. The smallest absolute Gasteiger partial charge is 0.240 e. The van der Waals surface area contributed by atoms with Gasteiger partial charge in [-0.2, -0.15) is 0 Å². The molecule has 2 fully saturated rings. The minimum Gasteiger partial charge on any atom is -0.391 e. The minimum atomic E-state index is -0.378. The Kier molecular flexibility index (Phi) is 5.89. The summed E-state index contributed by atoms with van der Waals surface area (Å²) in [6, 6.07) is -0.0397. The van der Waals surface area contributed by atoms with Crippen molar-refractivity contribution in [1.29, 1.82) is 0 Å². The molecule has 1 saturated carbocycles. The van der Waals surface area contributed by atoms with E-state index in [1.54, 1.807) is 0 Å². The van der Waals surface area contributed by atoms with Crippen LogP contribution >= 0.6 is 12.4 Å². The summed E-state index contributed by atoms with van der Waals surface area (Å²) in [5, 5.41) is 16.3. The van der Waals surface area contributed by atoms with Crippen molar-refractivity contribution in [2.45, 2.75) is 69.6 Å². The Bertz CT molecular complexity index is 280. The van der Waals surface area contributed by atoms with Crippen molar-refractivity contribution in [2.75, 3.05) is 6.54 Å². The van der Waals surface area contributed by atoms with Crippen molar-refractivity contribution in [3.05, 3.63) is 0 Å². The maximum Gasteiger partial charge on any atom is 0.240 e. The molecule has 0 aromatic carbocycles. The summed E-state index contributed by atoms with van der Waals surface area (Å²) >= 11 is 0. The molecule has 1 amide bonds. The van der Waals surface area contributed by atoms with Crippen LogP contribution in [0, 0.1) is 0 Å². The SMILES string of the molecule is CCC1(C(=O)N[C@@H]2CCCC[C@H]2O)CCCN1.Cl. The van der Waals surface area contributed by atoms with E-state index in [0.717, 1.165) is 51.5 Å². The third kappa shape index (κ3) is 3.16. The molecule has 0 radical (unpaired) electrons. The van der Waals surface area contributed by atoms with E-state index >= 15 is 0 Å². The zero-order chi connectivity index (χ0) is 12.3. The van der Waals surface area contributed by atoms with Crippen LogP contribution in [0.4, 0.5) is 0 Å². The van der Waals surface area contributed by atoms with Gasteiger partial charge in [-0.1, -0.05) is 19.8 Å². The largest absolute Gasteiger partial charge is 0.391 e. The average molecular weight is 277 g/mol. The molecule has 18 heavy (non-hydrogen) atoms. The van der Waals surface area contributed by atoms with E-state index in [0.29, 0.717) is 0 Å². The number of aliphatic hydroxyl groups is 1. The fourth-order valence-electron chi connectivity index (χ4n) is 3.05. The molecule has 2 rings (SSSR count). The maximum absolute atomic E-state index is 12.3. The van der Waals surface area contributed by atoms with Crippen LogP contribution in [-0.2, 0) is 4.79 Å². The summed E-state index contributed by atoms with van der Waals surface area (Å²) in [5.41, 5.74) is -0.378. The molecule has 1 unspecified atom stereocenters. The normalized spacial score (nSPS) is 35.9. The zero-order valence-corrected chi connectivity index (χ0v) is 11.9. The first-order chi connectivity index (χ1) is 8.18. The molecule has 2 aliphatic rings. The first-order valence-corrected chi connectivity index (χ1v) is 6.92. The lowest BCUT2D eigenvalue weighted by atomic mass is 9.89. The summed E-state index contributed by atoms with van der Waals surface area (Å²) in [6.07, 6.45) is 6.35. The Hall–Kier alpha value is -0.320. The van der Waals surface area contributed by atoms with Crippen LogP contribution in [0.2, 0.25) is 0 Å². The second-order valence-corrected chi connectivity index (χ2v) is 5.40. The number of aliphatic hydroxyl groups excluding tert-OH is 1. The number of amides is 1. The highest BCUT2D eigenvalue weighted by atomic mass is 35.5. The molecule has 1 saturated heterocycles. The number of rotatable bonds is 3. The van der Waals surface area contributed by atoms with E-state index in [2.05, 4.69) is 17.6 Å². The predicted octanol–water partition coefficient (Wildman–Crippen LogP) is 1.36. The highest BCUT2D eigenvalue weighted by molar-refractivity contribution is 5.87. The van der Waals surface area contributed by atoms with Gasteiger partial charge in [0.1, 0.15) is 0 Å². The lowest BCUT2D eigenvalue weighted by molar-refractivity contribution is -0.129. The molecule has 0 aromatic heterocycles. The van der Waals surface area contributed by atoms with E-state index < -0.39 is 0 Å². The molecular formula is C13H25ClN2O2. The van der Waals surface area contributed by atoms with Crippen molar-refractivity contribution in [3.8, 4) is 0 Å². The van der Waals surface area contributed by atoms with Gasteiger partial charge in [0.2, 0.25) is 5.91 Å². The van der Waals surface area contributed by atoms with Gasteiger partial charge in [-0.3, -0.25) is 4.79 Å². The number of hydrogen-bond acceptors (Lipinski definition) is 3. The van der Waals surface area contributed by atoms with E-state index in [-0.39, 0.29) is 36.0 Å². The quantitative estimate of drug-likeness (QED) is 0.729. The standard InChI is InChI=1S/C13H24N2O2.ClH/c1-2-13(8-5-9-14-13)12(17)15-10-6-3-4-7-11(10)16;/h10-11,14,16H,2-9H2,1H3,(H,15,17);1H/t10-,11-,13?;/m1./s1. The first kappa shape index (κ1) is 15.7. The van der Waals surface area contributed by atoms with Crippen LogP contribution in [0.15, 0.2) is 0 Å². The Morgan fingerprint density at radius 3 is 2.67 bits per heavy atom. The number of hydrogen-bond donors (Lipinski definition) is 3. The van der Waals surface area contributed by atoms with Gasteiger partial charge >= 0.3 is 0 Å². The van der Waals surface area contributed by atoms with Crippen LogP contribution in [0.1, 0.15) is 51.9 Å². The molecule has 4 nitrogen and oxygen atoms in total.